The molecule has 1 atom stereocenters. The maximum Gasteiger partial charge on any atom is 0.258 e. The first-order chi connectivity index (χ1) is 14.5. The van der Waals surface area contributed by atoms with Crippen molar-refractivity contribution in [1.29, 1.82) is 0 Å². The second-order valence-corrected chi connectivity index (χ2v) is 9.79. The van der Waals surface area contributed by atoms with Gasteiger partial charge in [-0.05, 0) is 61.1 Å². The summed E-state index contributed by atoms with van der Waals surface area (Å²) in [5, 5.41) is 3.79. The molecule has 0 saturated carbocycles. The Bertz CT molecular complexity index is 1180. The normalized spacial score (nSPS) is 22.2. The molecule has 0 spiro atoms. The summed E-state index contributed by atoms with van der Waals surface area (Å²) in [4.78, 5) is 8.32. The molecule has 1 saturated heterocycles. The number of aryl methyl sites for hydroxylation is 2. The Balaban J connectivity index is 1.39. The van der Waals surface area contributed by atoms with Crippen molar-refractivity contribution in [3.63, 3.8) is 0 Å². The highest BCUT2D eigenvalue weighted by Crippen LogP contribution is 2.38. The number of rotatable bonds is 4. The van der Waals surface area contributed by atoms with E-state index in [0.29, 0.717) is 5.56 Å². The molecular formula is C21H21FN4O3S. The van der Waals surface area contributed by atoms with Crippen LogP contribution in [-0.4, -0.2) is 40.9 Å². The number of hydrogen-bond acceptors (Lipinski definition) is 6. The predicted octanol–water partition coefficient (Wildman–Crippen LogP) is 3.27. The van der Waals surface area contributed by atoms with Crippen molar-refractivity contribution in [3.05, 3.63) is 59.7 Å². The highest BCUT2D eigenvalue weighted by atomic mass is 32.2. The second-order valence-electron chi connectivity index (χ2n) is 7.85. The zero-order valence-electron chi connectivity index (χ0n) is 16.3. The Hall–Kier alpha value is -2.65. The highest BCUT2D eigenvalue weighted by Gasteiger charge is 2.48. The summed E-state index contributed by atoms with van der Waals surface area (Å²) in [6.45, 7) is -0.267. The second kappa shape index (κ2) is 7.24. The zero-order chi connectivity index (χ0) is 20.8. The molecule has 3 heterocycles. The van der Waals surface area contributed by atoms with Crippen LogP contribution in [0, 0.1) is 0 Å². The first-order valence-electron chi connectivity index (χ1n) is 10.0. The summed E-state index contributed by atoms with van der Waals surface area (Å²) in [6.07, 6.45) is 7.18. The molecular weight excluding hydrogens is 407 g/mol. The number of benzene rings is 1. The van der Waals surface area contributed by atoms with E-state index in [9.17, 15) is 8.42 Å². The third-order valence-corrected chi connectivity index (χ3v) is 7.74. The lowest BCUT2D eigenvalue weighted by Gasteiger charge is -2.20. The standard InChI is InChI=1S/C21H21FN4O3S/c22-21(20-24-19(29-25-20)16-7-10-23-11-8-16)9-12-26(14-21)30(27,28)18-6-5-15-3-1-2-4-17(15)13-18/h5-8,10-11,13H,1-4,9,12,14H2. The van der Waals surface area contributed by atoms with Crippen LogP contribution < -0.4 is 0 Å². The molecule has 1 fully saturated rings. The molecule has 2 aromatic heterocycles. The third-order valence-electron chi connectivity index (χ3n) is 5.90. The topological polar surface area (TPSA) is 89.2 Å². The Labute approximate surface area is 174 Å². The van der Waals surface area contributed by atoms with E-state index in [1.807, 2.05) is 6.07 Å². The summed E-state index contributed by atoms with van der Waals surface area (Å²) in [5.41, 5.74) is 0.921. The minimum absolute atomic E-state index is 0.0213. The summed E-state index contributed by atoms with van der Waals surface area (Å²) < 4.78 is 48.3. The first-order valence-corrected chi connectivity index (χ1v) is 11.5. The van der Waals surface area contributed by atoms with Gasteiger partial charge in [-0.15, -0.1) is 0 Å². The maximum atomic E-state index is 15.6. The van der Waals surface area contributed by atoms with Crippen molar-refractivity contribution in [2.75, 3.05) is 13.1 Å². The van der Waals surface area contributed by atoms with Gasteiger partial charge in [0.15, 0.2) is 5.67 Å². The predicted molar refractivity (Wildman–Crippen MR) is 107 cm³/mol. The monoisotopic (exact) mass is 428 g/mol. The fraction of sp³-hybridized carbons (Fsp3) is 0.381. The molecule has 30 heavy (non-hydrogen) atoms. The lowest BCUT2D eigenvalue weighted by molar-refractivity contribution is 0.164. The van der Waals surface area contributed by atoms with E-state index in [0.717, 1.165) is 31.2 Å². The quantitative estimate of drug-likeness (QED) is 0.634. The molecule has 0 bridgehead atoms. The number of nitrogens with zero attached hydrogens (tertiary/aromatic N) is 4. The maximum absolute atomic E-state index is 15.6. The van der Waals surface area contributed by atoms with Gasteiger partial charge in [-0.25, -0.2) is 12.8 Å². The van der Waals surface area contributed by atoms with Gasteiger partial charge >= 0.3 is 0 Å². The Morgan fingerprint density at radius 3 is 2.63 bits per heavy atom. The van der Waals surface area contributed by atoms with E-state index < -0.39 is 15.7 Å². The minimum Gasteiger partial charge on any atom is -0.334 e. The number of halogens is 1. The van der Waals surface area contributed by atoms with Crippen LogP contribution in [0.25, 0.3) is 11.5 Å². The van der Waals surface area contributed by atoms with E-state index in [4.69, 9.17) is 4.52 Å². The molecule has 0 N–H and O–H groups in total. The van der Waals surface area contributed by atoms with Crippen molar-refractivity contribution < 1.29 is 17.3 Å². The largest absolute Gasteiger partial charge is 0.334 e. The van der Waals surface area contributed by atoms with Crippen LogP contribution in [0.2, 0.25) is 0 Å². The SMILES string of the molecule is O=S(=O)(c1ccc2c(c1)CCCC2)N1CCC(F)(c2noc(-c3ccncc3)n2)C1. The van der Waals surface area contributed by atoms with E-state index >= 15 is 4.39 Å². The van der Waals surface area contributed by atoms with Gasteiger partial charge in [-0.3, -0.25) is 4.98 Å². The van der Waals surface area contributed by atoms with Crippen molar-refractivity contribution in [2.45, 2.75) is 42.7 Å². The Morgan fingerprint density at radius 1 is 1.07 bits per heavy atom. The Kier molecular flexibility index (Phi) is 4.67. The highest BCUT2D eigenvalue weighted by molar-refractivity contribution is 7.89. The molecule has 7 nitrogen and oxygen atoms in total. The molecule has 9 heteroatoms. The van der Waals surface area contributed by atoms with Gasteiger partial charge in [0.1, 0.15) is 0 Å². The van der Waals surface area contributed by atoms with Gasteiger partial charge in [0, 0.05) is 30.9 Å². The zero-order valence-corrected chi connectivity index (χ0v) is 17.1. The molecule has 5 rings (SSSR count). The van der Waals surface area contributed by atoms with Gasteiger partial charge in [-0.2, -0.15) is 9.29 Å². The van der Waals surface area contributed by atoms with Crippen molar-refractivity contribution in [1.82, 2.24) is 19.4 Å². The lowest BCUT2D eigenvalue weighted by atomic mass is 9.92. The average Bonchev–Trinajstić information content (AvgIpc) is 3.43. The van der Waals surface area contributed by atoms with E-state index in [1.165, 1.54) is 9.87 Å². The van der Waals surface area contributed by atoms with E-state index in [1.54, 1.807) is 36.7 Å². The molecule has 156 valence electrons. The van der Waals surface area contributed by atoms with Crippen LogP contribution in [0.3, 0.4) is 0 Å². The smallest absolute Gasteiger partial charge is 0.258 e. The molecule has 1 aliphatic carbocycles. The van der Waals surface area contributed by atoms with Crippen LogP contribution in [0.1, 0.15) is 36.2 Å². The van der Waals surface area contributed by atoms with Gasteiger partial charge < -0.3 is 4.52 Å². The minimum atomic E-state index is -3.80. The van der Waals surface area contributed by atoms with Crippen LogP contribution >= 0.6 is 0 Å². The van der Waals surface area contributed by atoms with Crippen molar-refractivity contribution >= 4 is 10.0 Å². The number of alkyl halides is 1. The molecule has 1 aliphatic heterocycles. The van der Waals surface area contributed by atoms with Crippen LogP contribution in [-0.2, 0) is 28.5 Å². The fourth-order valence-electron chi connectivity index (χ4n) is 4.16. The number of hydrogen-bond donors (Lipinski definition) is 0. The summed E-state index contributed by atoms with van der Waals surface area (Å²) >= 11 is 0. The van der Waals surface area contributed by atoms with Crippen molar-refractivity contribution in [3.8, 4) is 11.5 Å². The van der Waals surface area contributed by atoms with Gasteiger partial charge in [0.2, 0.25) is 15.8 Å². The summed E-state index contributed by atoms with van der Waals surface area (Å²) in [6, 6.07) is 8.64. The lowest BCUT2D eigenvalue weighted by Crippen LogP contribution is -2.33. The van der Waals surface area contributed by atoms with E-state index in [2.05, 4.69) is 15.1 Å². The Morgan fingerprint density at radius 2 is 1.83 bits per heavy atom. The molecule has 3 aromatic rings. The van der Waals surface area contributed by atoms with Crippen molar-refractivity contribution in [2.24, 2.45) is 0 Å². The van der Waals surface area contributed by atoms with Crippen LogP contribution in [0.4, 0.5) is 4.39 Å². The summed E-state index contributed by atoms with van der Waals surface area (Å²) in [5.74, 6) is 0.0536. The molecule has 0 amide bonds. The molecule has 2 aliphatic rings. The fourth-order valence-corrected chi connectivity index (χ4v) is 5.70. The number of fused-ring (bicyclic) bond motifs is 1. The van der Waals surface area contributed by atoms with E-state index in [-0.39, 0.29) is 36.1 Å². The number of aromatic nitrogens is 3. The van der Waals surface area contributed by atoms with Crippen LogP contribution in [0.15, 0.2) is 52.1 Å². The van der Waals surface area contributed by atoms with Crippen LogP contribution in [0.5, 0.6) is 0 Å². The number of pyridine rings is 1. The molecule has 1 aromatic carbocycles. The molecule has 1 unspecified atom stereocenters. The first kappa shape index (κ1) is 19.3. The van der Waals surface area contributed by atoms with Gasteiger partial charge in [0.25, 0.3) is 5.89 Å². The number of sulfonamides is 1. The molecule has 0 radical (unpaired) electrons. The summed E-state index contributed by atoms with van der Waals surface area (Å²) in [7, 11) is -3.80. The third kappa shape index (κ3) is 3.31. The van der Waals surface area contributed by atoms with Gasteiger partial charge in [0.05, 0.1) is 11.4 Å². The van der Waals surface area contributed by atoms with Gasteiger partial charge in [-0.1, -0.05) is 11.2 Å². The average molecular weight is 428 g/mol.